The summed E-state index contributed by atoms with van der Waals surface area (Å²) in [4.78, 5) is 31.1. The molecule has 3 heterocycles. The van der Waals surface area contributed by atoms with E-state index in [4.69, 9.17) is 4.74 Å². The van der Waals surface area contributed by atoms with Gasteiger partial charge in [-0.2, -0.15) is 0 Å². The number of piperidine rings is 1. The smallest absolute Gasteiger partial charge is 0.255 e. The number of pyridine rings is 1. The van der Waals surface area contributed by atoms with Crippen LogP contribution in [-0.2, 0) is 6.42 Å². The van der Waals surface area contributed by atoms with Gasteiger partial charge in [-0.05, 0) is 71.2 Å². The highest BCUT2D eigenvalue weighted by atomic mass is 19.1. The number of halogens is 1. The maximum atomic E-state index is 13.5. The molecule has 0 spiro atoms. The molecule has 0 radical (unpaired) electrons. The molecule has 0 bridgehead atoms. The highest BCUT2D eigenvalue weighted by molar-refractivity contribution is 6.09. The SMILES string of the molecule is COc1cc(C)[nH]c(=O)c1CCC(=O)c1c(C)n(C(C)C2CCN(CCF)CC2)c2ccccc12. The van der Waals surface area contributed by atoms with Crippen LogP contribution in [0.1, 0.15) is 59.5 Å². The molecule has 1 aliphatic heterocycles. The number of H-pyrrole nitrogens is 1. The summed E-state index contributed by atoms with van der Waals surface area (Å²) in [5.41, 5.74) is 3.80. The number of fused-ring (bicyclic) bond motifs is 1. The number of aryl methyl sites for hydroxylation is 1. The average Bonchev–Trinajstić information content (AvgIpc) is 3.14. The topological polar surface area (TPSA) is 67.3 Å². The van der Waals surface area contributed by atoms with Crippen molar-refractivity contribution in [2.75, 3.05) is 33.4 Å². The molecule has 0 aliphatic carbocycles. The number of ether oxygens (including phenoxy) is 1. The summed E-state index contributed by atoms with van der Waals surface area (Å²) in [7, 11) is 1.54. The van der Waals surface area contributed by atoms with Crippen molar-refractivity contribution in [3.05, 3.63) is 63.2 Å². The third-order valence-corrected chi connectivity index (χ3v) is 7.61. The van der Waals surface area contributed by atoms with Gasteiger partial charge in [-0.3, -0.25) is 9.59 Å². The molecule has 3 aromatic rings. The maximum Gasteiger partial charge on any atom is 0.255 e. The molecule has 0 amide bonds. The van der Waals surface area contributed by atoms with E-state index in [1.54, 1.807) is 13.2 Å². The molecule has 2 aromatic heterocycles. The number of likely N-dealkylation sites (tertiary alicyclic amines) is 1. The van der Waals surface area contributed by atoms with E-state index in [1.807, 2.05) is 32.0 Å². The predicted molar refractivity (Wildman–Crippen MR) is 138 cm³/mol. The molecule has 1 aromatic carbocycles. The van der Waals surface area contributed by atoms with Crippen molar-refractivity contribution < 1.29 is 13.9 Å². The summed E-state index contributed by atoms with van der Waals surface area (Å²) in [6.45, 7) is 8.11. The van der Waals surface area contributed by atoms with Gasteiger partial charge >= 0.3 is 0 Å². The van der Waals surface area contributed by atoms with Crippen LogP contribution in [0.2, 0.25) is 0 Å². The Morgan fingerprint density at radius 1 is 1.23 bits per heavy atom. The number of rotatable bonds is 9. The van der Waals surface area contributed by atoms with Crippen LogP contribution < -0.4 is 10.3 Å². The quantitative estimate of drug-likeness (QED) is 0.436. The monoisotopic (exact) mass is 481 g/mol. The second-order valence-corrected chi connectivity index (χ2v) is 9.71. The first-order valence-corrected chi connectivity index (χ1v) is 12.5. The second kappa shape index (κ2) is 10.8. The van der Waals surface area contributed by atoms with E-state index in [2.05, 4.69) is 27.4 Å². The molecular formula is C28H36FN3O3. The average molecular weight is 482 g/mol. The molecule has 1 N–H and O–H groups in total. The van der Waals surface area contributed by atoms with Crippen molar-refractivity contribution in [3.8, 4) is 5.75 Å². The van der Waals surface area contributed by atoms with E-state index in [0.717, 1.165) is 53.8 Å². The Hall–Kier alpha value is -2.93. The van der Waals surface area contributed by atoms with Crippen LogP contribution in [0, 0.1) is 19.8 Å². The molecule has 1 fully saturated rings. The largest absolute Gasteiger partial charge is 0.496 e. The van der Waals surface area contributed by atoms with Crippen molar-refractivity contribution in [1.82, 2.24) is 14.5 Å². The van der Waals surface area contributed by atoms with E-state index < -0.39 is 0 Å². The van der Waals surface area contributed by atoms with E-state index in [-0.39, 0.29) is 30.5 Å². The van der Waals surface area contributed by atoms with E-state index >= 15 is 0 Å². The van der Waals surface area contributed by atoms with Gasteiger partial charge in [-0.15, -0.1) is 0 Å². The Balaban J connectivity index is 1.61. The van der Waals surface area contributed by atoms with Crippen LogP contribution in [-0.4, -0.2) is 53.7 Å². The fourth-order valence-corrected chi connectivity index (χ4v) is 5.73. The number of carbonyl (C=O) groups excluding carboxylic acids is 1. The minimum Gasteiger partial charge on any atom is -0.496 e. The van der Waals surface area contributed by atoms with Gasteiger partial charge in [0, 0.05) is 46.9 Å². The van der Waals surface area contributed by atoms with Gasteiger partial charge in [-0.25, -0.2) is 4.39 Å². The van der Waals surface area contributed by atoms with Gasteiger partial charge in [0.25, 0.3) is 5.56 Å². The Bertz CT molecular complexity index is 1250. The lowest BCUT2D eigenvalue weighted by Crippen LogP contribution is -2.37. The lowest BCUT2D eigenvalue weighted by Gasteiger charge is -2.35. The fraction of sp³-hybridized carbons (Fsp3) is 0.500. The van der Waals surface area contributed by atoms with Gasteiger partial charge < -0.3 is 19.2 Å². The normalized spacial score (nSPS) is 16.0. The first kappa shape index (κ1) is 25.2. The van der Waals surface area contributed by atoms with Gasteiger partial charge in [0.05, 0.1) is 12.7 Å². The molecule has 1 unspecified atom stereocenters. The number of Topliss-reactive ketones (excluding diaryl/α,β-unsaturated/α-hetero) is 1. The number of hydrogen-bond acceptors (Lipinski definition) is 4. The number of aromatic amines is 1. The highest BCUT2D eigenvalue weighted by Crippen LogP contribution is 2.36. The van der Waals surface area contributed by atoms with Crippen LogP contribution in [0.25, 0.3) is 10.9 Å². The summed E-state index contributed by atoms with van der Waals surface area (Å²) in [6, 6.07) is 10.1. The number of carbonyl (C=O) groups is 1. The highest BCUT2D eigenvalue weighted by Gasteiger charge is 2.29. The summed E-state index contributed by atoms with van der Waals surface area (Å²) in [5.74, 6) is 1.02. The van der Waals surface area contributed by atoms with Crippen LogP contribution >= 0.6 is 0 Å². The van der Waals surface area contributed by atoms with Crippen LogP contribution in [0.15, 0.2) is 35.1 Å². The summed E-state index contributed by atoms with van der Waals surface area (Å²) in [6.07, 6.45) is 2.59. The summed E-state index contributed by atoms with van der Waals surface area (Å²) >= 11 is 0. The third kappa shape index (κ3) is 5.06. The molecule has 188 valence electrons. The molecule has 7 heteroatoms. The van der Waals surface area contributed by atoms with Gasteiger partial charge in [0.15, 0.2) is 5.78 Å². The molecule has 4 rings (SSSR count). The molecule has 1 aliphatic rings. The third-order valence-electron chi connectivity index (χ3n) is 7.61. The maximum absolute atomic E-state index is 13.5. The standard InChI is InChI=1S/C28H36FN3O3/c1-18-17-26(35-4)23(28(34)30-18)9-10-25(33)27-20(3)32(24-8-6-5-7-22(24)27)19(2)21-11-14-31(15-12-21)16-13-29/h5-8,17,19,21H,9-16H2,1-4H3,(H,30,34). The number of para-hydroxylation sites is 1. The van der Waals surface area contributed by atoms with Gasteiger partial charge in [0.1, 0.15) is 12.4 Å². The molecule has 6 nitrogen and oxygen atoms in total. The molecule has 0 saturated carbocycles. The van der Waals surface area contributed by atoms with E-state index in [9.17, 15) is 14.0 Å². The molecule has 1 saturated heterocycles. The predicted octanol–water partition coefficient (Wildman–Crippen LogP) is 5.01. The first-order valence-electron chi connectivity index (χ1n) is 12.5. The minimum absolute atomic E-state index is 0.0319. The number of nitrogens with one attached hydrogen (secondary N) is 1. The minimum atomic E-state index is -0.298. The Morgan fingerprint density at radius 2 is 1.94 bits per heavy atom. The number of ketones is 1. The summed E-state index contributed by atoms with van der Waals surface area (Å²) < 4.78 is 20.5. The Labute approximate surface area is 206 Å². The Morgan fingerprint density at radius 3 is 2.63 bits per heavy atom. The van der Waals surface area contributed by atoms with Gasteiger partial charge in [0.2, 0.25) is 0 Å². The number of methoxy groups -OCH3 is 1. The van der Waals surface area contributed by atoms with Crippen molar-refractivity contribution >= 4 is 16.7 Å². The van der Waals surface area contributed by atoms with Crippen molar-refractivity contribution in [2.24, 2.45) is 5.92 Å². The summed E-state index contributed by atoms with van der Waals surface area (Å²) in [5, 5.41) is 0.960. The zero-order valence-electron chi connectivity index (χ0n) is 21.2. The van der Waals surface area contributed by atoms with Crippen molar-refractivity contribution in [1.29, 1.82) is 0 Å². The molecular weight excluding hydrogens is 445 g/mol. The number of nitrogens with zero attached hydrogens (tertiary/aromatic N) is 2. The lowest BCUT2D eigenvalue weighted by molar-refractivity contribution is 0.0983. The van der Waals surface area contributed by atoms with Gasteiger partial charge in [-0.1, -0.05) is 18.2 Å². The number of aromatic nitrogens is 2. The second-order valence-electron chi connectivity index (χ2n) is 9.71. The van der Waals surface area contributed by atoms with E-state index in [0.29, 0.717) is 30.2 Å². The molecule has 1 atom stereocenters. The first-order chi connectivity index (χ1) is 16.8. The molecule has 35 heavy (non-hydrogen) atoms. The van der Waals surface area contributed by atoms with Crippen LogP contribution in [0.5, 0.6) is 5.75 Å². The zero-order chi connectivity index (χ0) is 25.1. The van der Waals surface area contributed by atoms with E-state index in [1.165, 1.54) is 0 Å². The van der Waals surface area contributed by atoms with Crippen molar-refractivity contribution in [2.45, 2.75) is 52.5 Å². The zero-order valence-corrected chi connectivity index (χ0v) is 21.2. The number of benzene rings is 1. The number of hydrogen-bond donors (Lipinski definition) is 1. The van der Waals surface area contributed by atoms with Crippen LogP contribution in [0.4, 0.5) is 4.39 Å². The number of alkyl halides is 1. The van der Waals surface area contributed by atoms with Crippen LogP contribution in [0.3, 0.4) is 0 Å². The van der Waals surface area contributed by atoms with Crippen molar-refractivity contribution in [3.63, 3.8) is 0 Å². The fourth-order valence-electron chi connectivity index (χ4n) is 5.73. The lowest BCUT2D eigenvalue weighted by atomic mass is 9.90. The Kier molecular flexibility index (Phi) is 7.75.